The molecule has 0 radical (unpaired) electrons. The third-order valence-corrected chi connectivity index (χ3v) is 13.7. The normalized spacial score (nSPS) is 22.7. The van der Waals surface area contributed by atoms with Crippen LogP contribution in [0.3, 0.4) is 0 Å². The average molecular weight is 778 g/mol. The average Bonchev–Trinajstić information content (AvgIpc) is 3.48. The molecule has 3 atom stereocenters. The van der Waals surface area contributed by atoms with Gasteiger partial charge in [0.2, 0.25) is 5.72 Å². The van der Waals surface area contributed by atoms with Crippen molar-refractivity contribution >= 4 is 41.0 Å². The van der Waals surface area contributed by atoms with Crippen molar-refractivity contribution in [3.8, 4) is 11.5 Å². The Bertz CT molecular complexity index is 2580. The topological polar surface area (TPSA) is 108 Å². The number of fused-ring (bicyclic) bond motifs is 4. The molecule has 10 heteroatoms. The first-order valence-corrected chi connectivity index (χ1v) is 20.4. The van der Waals surface area contributed by atoms with Gasteiger partial charge in [0.05, 0.1) is 20.2 Å². The third kappa shape index (κ3) is 5.29. The van der Waals surface area contributed by atoms with Gasteiger partial charge in [0.15, 0.2) is 0 Å². The van der Waals surface area contributed by atoms with E-state index in [0.717, 1.165) is 33.7 Å². The van der Waals surface area contributed by atoms with Crippen LogP contribution in [0.25, 0.3) is 12.2 Å². The van der Waals surface area contributed by atoms with Crippen molar-refractivity contribution in [1.82, 2.24) is 0 Å². The maximum atomic E-state index is 11.8. The lowest BCUT2D eigenvalue weighted by Crippen LogP contribution is -2.59. The first kappa shape index (κ1) is 36.7. The van der Waals surface area contributed by atoms with Crippen molar-refractivity contribution in [2.75, 3.05) is 11.2 Å². The van der Waals surface area contributed by atoms with E-state index in [2.05, 4.69) is 118 Å². The number of nitro benzene ring substituents is 2. The van der Waals surface area contributed by atoms with E-state index in [1.165, 1.54) is 34.0 Å². The van der Waals surface area contributed by atoms with Gasteiger partial charge in [0.1, 0.15) is 17.1 Å². The number of aryl methyl sites for hydroxylation is 1. The van der Waals surface area contributed by atoms with Gasteiger partial charge in [-0.1, -0.05) is 86.7 Å². The molecular weight excluding hydrogens is 735 g/mol. The van der Waals surface area contributed by atoms with Gasteiger partial charge in [-0.25, -0.2) is 0 Å². The molecule has 0 aromatic heterocycles. The summed E-state index contributed by atoms with van der Waals surface area (Å²) in [6.45, 7) is 11.3. The molecule has 0 saturated carbocycles. The van der Waals surface area contributed by atoms with Gasteiger partial charge in [-0.15, -0.1) is 11.8 Å². The largest absolute Gasteiger partial charge is 0.480 e. The van der Waals surface area contributed by atoms with E-state index in [1.54, 1.807) is 24.3 Å². The van der Waals surface area contributed by atoms with Gasteiger partial charge < -0.3 is 14.4 Å². The number of thioether (sulfide) groups is 1. The predicted molar refractivity (Wildman–Crippen MR) is 226 cm³/mol. The number of rotatable bonds is 7. The van der Waals surface area contributed by atoms with E-state index in [0.29, 0.717) is 23.6 Å². The zero-order valence-electron chi connectivity index (χ0n) is 32.7. The second-order valence-corrected chi connectivity index (χ2v) is 17.5. The molecule has 0 bridgehead atoms. The van der Waals surface area contributed by atoms with Crippen LogP contribution in [-0.4, -0.2) is 27.4 Å². The number of benzene rings is 5. The summed E-state index contributed by atoms with van der Waals surface area (Å²) in [5.41, 5.74) is 6.77. The van der Waals surface area contributed by atoms with Crippen molar-refractivity contribution in [1.29, 1.82) is 0 Å². The number of nitro groups is 2. The Hall–Kier alpha value is -5.87. The van der Waals surface area contributed by atoms with Gasteiger partial charge in [-0.3, -0.25) is 20.2 Å². The minimum absolute atomic E-state index is 0.0294. The van der Waals surface area contributed by atoms with E-state index >= 15 is 0 Å². The zero-order chi connectivity index (χ0) is 40.1. The summed E-state index contributed by atoms with van der Waals surface area (Å²) in [5.74, 6) is 1.32. The maximum Gasteiger partial charge on any atom is 0.271 e. The lowest BCUT2D eigenvalue weighted by Gasteiger charge is -2.47. The van der Waals surface area contributed by atoms with Gasteiger partial charge >= 0.3 is 0 Å². The van der Waals surface area contributed by atoms with Crippen LogP contribution in [0.5, 0.6) is 11.5 Å². The van der Waals surface area contributed by atoms with Crippen LogP contribution < -0.4 is 14.4 Å². The van der Waals surface area contributed by atoms with Crippen LogP contribution in [0.2, 0.25) is 0 Å². The summed E-state index contributed by atoms with van der Waals surface area (Å²) in [7, 11) is 0. The number of nitrogens with zero attached hydrogens (tertiary/aromatic N) is 3. The fourth-order valence-corrected chi connectivity index (χ4v) is 10.5. The van der Waals surface area contributed by atoms with Crippen molar-refractivity contribution in [3.05, 3.63) is 174 Å². The van der Waals surface area contributed by atoms with Gasteiger partial charge in [0.25, 0.3) is 11.4 Å². The Labute approximate surface area is 336 Å². The van der Waals surface area contributed by atoms with Crippen LogP contribution in [0.1, 0.15) is 78.1 Å². The molecule has 3 heterocycles. The summed E-state index contributed by atoms with van der Waals surface area (Å²) in [5, 5.41) is 23.5. The third-order valence-electron chi connectivity index (χ3n) is 13.0. The molecule has 4 aliphatic rings. The van der Waals surface area contributed by atoms with E-state index in [9.17, 15) is 20.2 Å². The molecule has 57 heavy (non-hydrogen) atoms. The first-order chi connectivity index (χ1) is 27.2. The highest BCUT2D eigenvalue weighted by molar-refractivity contribution is 7.98. The fourth-order valence-electron chi connectivity index (χ4n) is 9.92. The summed E-state index contributed by atoms with van der Waals surface area (Å²) in [6.07, 6.45) is 10.9. The van der Waals surface area contributed by atoms with Crippen molar-refractivity contribution in [2.45, 2.75) is 80.6 Å². The summed E-state index contributed by atoms with van der Waals surface area (Å²) in [4.78, 5) is 25.8. The van der Waals surface area contributed by atoms with E-state index < -0.39 is 22.2 Å². The first-order valence-electron chi connectivity index (χ1n) is 19.2. The highest BCUT2D eigenvalue weighted by atomic mass is 32.2. The minimum Gasteiger partial charge on any atom is -0.480 e. The molecule has 3 unspecified atom stereocenters. The molecule has 3 aliphatic heterocycles. The van der Waals surface area contributed by atoms with Gasteiger partial charge in [0, 0.05) is 59.0 Å². The van der Waals surface area contributed by atoms with Crippen molar-refractivity contribution in [2.24, 2.45) is 0 Å². The molecule has 9 nitrogen and oxygen atoms in total. The minimum atomic E-state index is -0.883. The molecule has 9 rings (SSSR count). The summed E-state index contributed by atoms with van der Waals surface area (Å²) in [6, 6.07) is 32.2. The molecule has 0 amide bonds. The fraction of sp³-hybridized carbons (Fsp3) is 0.277. The van der Waals surface area contributed by atoms with Crippen LogP contribution >= 0.6 is 11.8 Å². The highest BCUT2D eigenvalue weighted by Crippen LogP contribution is 2.60. The smallest absolute Gasteiger partial charge is 0.271 e. The summed E-state index contributed by atoms with van der Waals surface area (Å²) >= 11 is 1.46. The lowest BCUT2D eigenvalue weighted by molar-refractivity contribution is -0.385. The molecule has 5 aromatic rings. The molecule has 2 spiro atoms. The van der Waals surface area contributed by atoms with Crippen LogP contribution in [0.15, 0.2) is 114 Å². The Balaban J connectivity index is 1.06. The van der Waals surface area contributed by atoms with Crippen molar-refractivity contribution < 1.29 is 19.3 Å². The molecule has 5 aromatic carbocycles. The van der Waals surface area contributed by atoms with E-state index in [1.807, 2.05) is 25.3 Å². The number of ether oxygens (including phenoxy) is 2. The van der Waals surface area contributed by atoms with Crippen LogP contribution in [-0.2, 0) is 23.8 Å². The standard InChI is InChI=1S/C47H43N3O6S/c1-29-23-34(49(51)52)25-32-20-22-47(56-42(29)32)45(4,5)38-13-9-10-14-40(38)48(47)28-31-17-15-30(16-18-31)24-39-36-11-7-8-12-37(36)44(2,3)46(39)21-19-33-26-35(50(53)54)27-41(57-6)43(33)55-46/h7-23,25-27,39H,24,28H2,1-6H3. The quantitative estimate of drug-likeness (QED) is 0.0913. The van der Waals surface area contributed by atoms with E-state index in [-0.39, 0.29) is 27.1 Å². The second kappa shape index (κ2) is 12.8. The SMILES string of the molecule is CSc1cc([N+](=O)[O-])cc2c1OC1(C=C2)C(Cc2ccc(CN3c4ccccc4C(C)(C)C34C=Cc3cc([N+](=O)[O-])cc(C)c3O4)cc2)c2ccccc2C1(C)C. The summed E-state index contributed by atoms with van der Waals surface area (Å²) < 4.78 is 14.3. The Morgan fingerprint density at radius 3 is 2.04 bits per heavy atom. The van der Waals surface area contributed by atoms with Gasteiger partial charge in [-0.05, 0) is 91.1 Å². The second-order valence-electron chi connectivity index (χ2n) is 16.6. The number of para-hydroxylation sites is 1. The van der Waals surface area contributed by atoms with Crippen LogP contribution in [0, 0.1) is 27.2 Å². The molecule has 288 valence electrons. The van der Waals surface area contributed by atoms with Crippen molar-refractivity contribution in [3.63, 3.8) is 0 Å². The number of non-ortho nitro benzene ring substituents is 2. The molecule has 1 aliphatic carbocycles. The zero-order valence-corrected chi connectivity index (χ0v) is 33.6. The maximum absolute atomic E-state index is 11.8. The van der Waals surface area contributed by atoms with E-state index in [4.69, 9.17) is 9.47 Å². The Morgan fingerprint density at radius 2 is 1.33 bits per heavy atom. The van der Waals surface area contributed by atoms with Gasteiger partial charge in [-0.2, -0.15) is 0 Å². The lowest BCUT2D eigenvalue weighted by atomic mass is 9.69. The Morgan fingerprint density at radius 1 is 0.719 bits per heavy atom. The number of hydrogen-bond donors (Lipinski definition) is 0. The Kier molecular flexibility index (Phi) is 8.27. The molecule has 0 fully saturated rings. The highest BCUT2D eigenvalue weighted by Gasteiger charge is 2.61. The molecule has 0 N–H and O–H groups in total. The number of hydrogen-bond acceptors (Lipinski definition) is 8. The monoisotopic (exact) mass is 777 g/mol. The predicted octanol–water partition coefficient (Wildman–Crippen LogP) is 11.1. The molecular formula is C47H43N3O6S. The van der Waals surface area contributed by atoms with Crippen LogP contribution in [0.4, 0.5) is 17.1 Å². The number of anilines is 1. The molecule has 0 saturated heterocycles.